The number of carboxylic acid groups (broad SMARTS) is 1. The lowest BCUT2D eigenvalue weighted by Crippen LogP contribution is -1.90. The molecule has 0 aliphatic heterocycles. The first-order valence-corrected chi connectivity index (χ1v) is 4.71. The number of aliphatic carboxylic acids is 1. The van der Waals surface area contributed by atoms with Gasteiger partial charge in [0, 0.05) is 6.08 Å². The van der Waals surface area contributed by atoms with Crippen molar-refractivity contribution in [1.29, 1.82) is 0 Å². The van der Waals surface area contributed by atoms with E-state index < -0.39 is 5.97 Å². The molecule has 1 aliphatic rings. The fourth-order valence-electron chi connectivity index (χ4n) is 2.03. The largest absolute Gasteiger partial charge is 0.478 e. The summed E-state index contributed by atoms with van der Waals surface area (Å²) in [5.41, 5.74) is 4.64. The van der Waals surface area contributed by atoms with Gasteiger partial charge in [0.2, 0.25) is 0 Å². The fraction of sp³-hybridized carbons (Fsp3) is 0.250. The third-order valence-corrected chi connectivity index (χ3v) is 2.70. The zero-order valence-corrected chi connectivity index (χ0v) is 8.08. The Labute approximate surface area is 82.9 Å². The van der Waals surface area contributed by atoms with Gasteiger partial charge in [-0.05, 0) is 42.0 Å². The molecule has 0 saturated heterocycles. The number of carboxylic acids is 1. The Morgan fingerprint density at radius 1 is 1.43 bits per heavy atom. The van der Waals surface area contributed by atoms with Crippen LogP contribution >= 0.6 is 0 Å². The summed E-state index contributed by atoms with van der Waals surface area (Å²) in [4.78, 5) is 10.6. The highest BCUT2D eigenvalue weighted by molar-refractivity contribution is 5.91. The topological polar surface area (TPSA) is 37.3 Å². The zero-order chi connectivity index (χ0) is 10.1. The SMILES string of the molecule is Cc1cccc2c1CC/C2=C\C(=O)O. The van der Waals surface area contributed by atoms with E-state index in [0.29, 0.717) is 0 Å². The van der Waals surface area contributed by atoms with Gasteiger partial charge in [-0.15, -0.1) is 0 Å². The number of benzene rings is 1. The van der Waals surface area contributed by atoms with E-state index in [4.69, 9.17) is 5.11 Å². The molecular formula is C12H12O2. The van der Waals surface area contributed by atoms with Gasteiger partial charge in [0.25, 0.3) is 0 Å². The first kappa shape index (κ1) is 9.00. The molecule has 0 aromatic heterocycles. The zero-order valence-electron chi connectivity index (χ0n) is 8.08. The summed E-state index contributed by atoms with van der Waals surface area (Å²) in [5.74, 6) is -0.852. The van der Waals surface area contributed by atoms with Crippen LogP contribution in [0.25, 0.3) is 5.57 Å². The van der Waals surface area contributed by atoms with Crippen molar-refractivity contribution < 1.29 is 9.90 Å². The molecule has 1 aliphatic carbocycles. The lowest BCUT2D eigenvalue weighted by molar-refractivity contribution is -0.131. The molecule has 0 radical (unpaired) electrons. The monoisotopic (exact) mass is 188 g/mol. The molecule has 0 fully saturated rings. The van der Waals surface area contributed by atoms with E-state index in [-0.39, 0.29) is 0 Å². The normalized spacial score (nSPS) is 17.1. The number of hydrogen-bond acceptors (Lipinski definition) is 1. The molecule has 0 spiro atoms. The quantitative estimate of drug-likeness (QED) is 0.687. The lowest BCUT2D eigenvalue weighted by atomic mass is 10.0. The highest BCUT2D eigenvalue weighted by atomic mass is 16.4. The standard InChI is InChI=1S/C12H12O2/c1-8-3-2-4-11-9(7-12(13)14)5-6-10(8)11/h2-4,7H,5-6H2,1H3,(H,13,14)/b9-7+. The molecule has 0 unspecified atom stereocenters. The predicted molar refractivity (Wildman–Crippen MR) is 55.1 cm³/mol. The molecule has 0 heterocycles. The molecule has 2 rings (SSSR count). The van der Waals surface area contributed by atoms with Gasteiger partial charge < -0.3 is 5.11 Å². The maximum absolute atomic E-state index is 10.6. The van der Waals surface area contributed by atoms with Crippen LogP contribution in [0.4, 0.5) is 0 Å². The molecule has 0 atom stereocenters. The number of hydrogen-bond donors (Lipinski definition) is 1. The second-order valence-corrected chi connectivity index (χ2v) is 3.61. The third kappa shape index (κ3) is 1.43. The van der Waals surface area contributed by atoms with Crippen LogP contribution in [0.5, 0.6) is 0 Å². The third-order valence-electron chi connectivity index (χ3n) is 2.70. The van der Waals surface area contributed by atoms with Gasteiger partial charge in [0.1, 0.15) is 0 Å². The first-order valence-electron chi connectivity index (χ1n) is 4.71. The van der Waals surface area contributed by atoms with Crippen molar-refractivity contribution in [3.05, 3.63) is 41.0 Å². The van der Waals surface area contributed by atoms with E-state index in [1.165, 1.54) is 17.2 Å². The number of aryl methyl sites for hydroxylation is 1. The van der Waals surface area contributed by atoms with Gasteiger partial charge in [-0.3, -0.25) is 0 Å². The van der Waals surface area contributed by atoms with Crippen molar-refractivity contribution in [3.63, 3.8) is 0 Å². The summed E-state index contributed by atoms with van der Waals surface area (Å²) in [5, 5.41) is 8.69. The molecule has 2 nitrogen and oxygen atoms in total. The van der Waals surface area contributed by atoms with Crippen molar-refractivity contribution in [2.45, 2.75) is 19.8 Å². The molecule has 1 aromatic carbocycles. The summed E-state index contributed by atoms with van der Waals surface area (Å²) in [6, 6.07) is 6.06. The van der Waals surface area contributed by atoms with Crippen LogP contribution in [-0.4, -0.2) is 11.1 Å². The molecule has 72 valence electrons. The van der Waals surface area contributed by atoms with Crippen LogP contribution in [0.3, 0.4) is 0 Å². The Bertz CT molecular complexity index is 416. The van der Waals surface area contributed by atoms with Crippen LogP contribution in [0.15, 0.2) is 24.3 Å². The van der Waals surface area contributed by atoms with Crippen LogP contribution < -0.4 is 0 Å². The van der Waals surface area contributed by atoms with E-state index >= 15 is 0 Å². The lowest BCUT2D eigenvalue weighted by Gasteiger charge is -2.02. The molecule has 2 heteroatoms. The van der Waals surface area contributed by atoms with E-state index in [1.54, 1.807) is 0 Å². The summed E-state index contributed by atoms with van der Waals surface area (Å²) in [7, 11) is 0. The Kier molecular flexibility index (Phi) is 2.12. The van der Waals surface area contributed by atoms with Crippen molar-refractivity contribution >= 4 is 11.5 Å². The predicted octanol–water partition coefficient (Wildman–Crippen LogP) is 2.41. The average Bonchev–Trinajstić information content (AvgIpc) is 2.49. The van der Waals surface area contributed by atoms with Crippen molar-refractivity contribution in [2.24, 2.45) is 0 Å². The van der Waals surface area contributed by atoms with E-state index in [2.05, 4.69) is 13.0 Å². The van der Waals surface area contributed by atoms with Crippen molar-refractivity contribution in [1.82, 2.24) is 0 Å². The van der Waals surface area contributed by atoms with Gasteiger partial charge in [0.15, 0.2) is 0 Å². The summed E-state index contributed by atoms with van der Waals surface area (Å²) in [6.45, 7) is 2.07. The second kappa shape index (κ2) is 3.29. The van der Waals surface area contributed by atoms with Crippen LogP contribution in [0.1, 0.15) is 23.1 Å². The summed E-state index contributed by atoms with van der Waals surface area (Å²) < 4.78 is 0. The molecule has 1 aromatic rings. The number of carbonyl (C=O) groups is 1. The van der Waals surface area contributed by atoms with Gasteiger partial charge in [0.05, 0.1) is 0 Å². The van der Waals surface area contributed by atoms with Gasteiger partial charge in [-0.1, -0.05) is 18.2 Å². The van der Waals surface area contributed by atoms with Crippen LogP contribution in [0, 0.1) is 6.92 Å². The number of allylic oxidation sites excluding steroid dienone is 1. The van der Waals surface area contributed by atoms with E-state index in [1.807, 2.05) is 12.1 Å². The van der Waals surface area contributed by atoms with E-state index in [0.717, 1.165) is 24.0 Å². The van der Waals surface area contributed by atoms with Gasteiger partial charge >= 0.3 is 5.97 Å². The Morgan fingerprint density at radius 2 is 2.21 bits per heavy atom. The maximum Gasteiger partial charge on any atom is 0.328 e. The minimum atomic E-state index is -0.852. The van der Waals surface area contributed by atoms with Crippen molar-refractivity contribution in [3.8, 4) is 0 Å². The molecule has 0 saturated carbocycles. The molecule has 0 amide bonds. The van der Waals surface area contributed by atoms with Gasteiger partial charge in [-0.25, -0.2) is 4.79 Å². The highest BCUT2D eigenvalue weighted by Gasteiger charge is 2.17. The molecular weight excluding hydrogens is 176 g/mol. The van der Waals surface area contributed by atoms with Gasteiger partial charge in [-0.2, -0.15) is 0 Å². The molecule has 0 bridgehead atoms. The Balaban J connectivity index is 2.50. The minimum absolute atomic E-state index is 0.852. The van der Waals surface area contributed by atoms with Crippen LogP contribution in [0.2, 0.25) is 0 Å². The first-order chi connectivity index (χ1) is 6.68. The van der Waals surface area contributed by atoms with Crippen molar-refractivity contribution in [2.75, 3.05) is 0 Å². The number of rotatable bonds is 1. The second-order valence-electron chi connectivity index (χ2n) is 3.61. The van der Waals surface area contributed by atoms with Crippen LogP contribution in [-0.2, 0) is 11.2 Å². The Morgan fingerprint density at radius 3 is 2.93 bits per heavy atom. The molecule has 1 N–H and O–H groups in total. The molecule has 14 heavy (non-hydrogen) atoms. The van der Waals surface area contributed by atoms with E-state index in [9.17, 15) is 4.79 Å². The summed E-state index contributed by atoms with van der Waals surface area (Å²) in [6.07, 6.45) is 3.15. The minimum Gasteiger partial charge on any atom is -0.478 e. The fourth-order valence-corrected chi connectivity index (χ4v) is 2.03. The average molecular weight is 188 g/mol. The maximum atomic E-state index is 10.6. The number of fused-ring (bicyclic) bond motifs is 1. The summed E-state index contributed by atoms with van der Waals surface area (Å²) >= 11 is 0. The Hall–Kier alpha value is -1.57. The smallest absolute Gasteiger partial charge is 0.328 e. The highest BCUT2D eigenvalue weighted by Crippen LogP contribution is 2.33.